The van der Waals surface area contributed by atoms with Crippen LogP contribution in [0.1, 0.15) is 46.5 Å². The van der Waals surface area contributed by atoms with E-state index in [0.29, 0.717) is 19.4 Å². The SMILES string of the molecule is CCN(CC)C(=O)CCCN1CCCC1(C)C(=O)O. The van der Waals surface area contributed by atoms with Gasteiger partial charge >= 0.3 is 5.97 Å². The van der Waals surface area contributed by atoms with Crippen LogP contribution in [-0.2, 0) is 9.59 Å². The molecule has 0 saturated carbocycles. The second-order valence-corrected chi connectivity index (χ2v) is 5.34. The lowest BCUT2D eigenvalue weighted by molar-refractivity contribution is -0.148. The van der Waals surface area contributed by atoms with Gasteiger partial charge in [0.1, 0.15) is 5.54 Å². The van der Waals surface area contributed by atoms with Gasteiger partial charge in [-0.2, -0.15) is 0 Å². The van der Waals surface area contributed by atoms with Gasteiger partial charge in [-0.25, -0.2) is 0 Å². The quantitative estimate of drug-likeness (QED) is 0.763. The minimum absolute atomic E-state index is 0.168. The van der Waals surface area contributed by atoms with Gasteiger partial charge in [0.15, 0.2) is 0 Å². The molecule has 0 bridgehead atoms. The van der Waals surface area contributed by atoms with E-state index in [1.54, 1.807) is 6.92 Å². The van der Waals surface area contributed by atoms with Crippen LogP contribution < -0.4 is 0 Å². The van der Waals surface area contributed by atoms with Crippen molar-refractivity contribution in [1.29, 1.82) is 0 Å². The van der Waals surface area contributed by atoms with Gasteiger partial charge in [-0.15, -0.1) is 0 Å². The summed E-state index contributed by atoms with van der Waals surface area (Å²) < 4.78 is 0. The van der Waals surface area contributed by atoms with E-state index in [9.17, 15) is 14.7 Å². The van der Waals surface area contributed by atoms with Gasteiger partial charge in [0.25, 0.3) is 0 Å². The van der Waals surface area contributed by atoms with Gasteiger partial charge < -0.3 is 10.0 Å². The van der Waals surface area contributed by atoms with E-state index in [2.05, 4.69) is 0 Å². The summed E-state index contributed by atoms with van der Waals surface area (Å²) in [5, 5.41) is 9.30. The van der Waals surface area contributed by atoms with E-state index in [0.717, 1.165) is 32.5 Å². The normalized spacial score (nSPS) is 23.5. The highest BCUT2D eigenvalue weighted by Gasteiger charge is 2.42. The average Bonchev–Trinajstić information content (AvgIpc) is 2.74. The number of hydrogen-bond donors (Lipinski definition) is 1. The van der Waals surface area contributed by atoms with Gasteiger partial charge in [0.05, 0.1) is 0 Å². The molecule has 5 heteroatoms. The number of likely N-dealkylation sites (tertiary alicyclic amines) is 1. The number of nitrogens with zero attached hydrogens (tertiary/aromatic N) is 2. The van der Waals surface area contributed by atoms with Crippen LogP contribution in [0.3, 0.4) is 0 Å². The number of carbonyl (C=O) groups excluding carboxylic acids is 1. The molecule has 1 saturated heterocycles. The number of aliphatic carboxylic acids is 1. The fourth-order valence-electron chi connectivity index (χ4n) is 2.78. The monoisotopic (exact) mass is 270 g/mol. The largest absolute Gasteiger partial charge is 0.480 e. The van der Waals surface area contributed by atoms with Crippen LogP contribution in [-0.4, -0.2) is 58.5 Å². The van der Waals surface area contributed by atoms with E-state index in [4.69, 9.17) is 0 Å². The third kappa shape index (κ3) is 3.69. The van der Waals surface area contributed by atoms with Crippen molar-refractivity contribution >= 4 is 11.9 Å². The first-order valence-corrected chi connectivity index (χ1v) is 7.22. The second kappa shape index (κ2) is 6.89. The first-order chi connectivity index (χ1) is 8.95. The van der Waals surface area contributed by atoms with Gasteiger partial charge in [-0.3, -0.25) is 14.5 Å². The Kier molecular flexibility index (Phi) is 5.79. The Hall–Kier alpha value is -1.10. The molecule has 5 nitrogen and oxygen atoms in total. The first kappa shape index (κ1) is 16.0. The fourth-order valence-corrected chi connectivity index (χ4v) is 2.78. The molecule has 0 spiro atoms. The summed E-state index contributed by atoms with van der Waals surface area (Å²) >= 11 is 0. The Bertz CT molecular complexity index is 329. The molecule has 0 aromatic rings. The molecule has 1 fully saturated rings. The maximum atomic E-state index is 11.9. The third-order valence-electron chi connectivity index (χ3n) is 4.19. The zero-order valence-electron chi connectivity index (χ0n) is 12.3. The Labute approximate surface area is 115 Å². The Morgan fingerprint density at radius 3 is 2.47 bits per heavy atom. The van der Waals surface area contributed by atoms with Crippen LogP contribution in [0.4, 0.5) is 0 Å². The molecular formula is C14H26N2O3. The van der Waals surface area contributed by atoms with Crippen molar-refractivity contribution in [2.45, 2.75) is 52.0 Å². The average molecular weight is 270 g/mol. The van der Waals surface area contributed by atoms with Crippen LogP contribution in [0.15, 0.2) is 0 Å². The maximum Gasteiger partial charge on any atom is 0.323 e. The van der Waals surface area contributed by atoms with Crippen LogP contribution in [0.25, 0.3) is 0 Å². The number of rotatable bonds is 7. The molecule has 1 heterocycles. The van der Waals surface area contributed by atoms with Crippen molar-refractivity contribution in [3.63, 3.8) is 0 Å². The van der Waals surface area contributed by atoms with Crippen molar-refractivity contribution in [3.8, 4) is 0 Å². The molecule has 1 atom stereocenters. The zero-order valence-corrected chi connectivity index (χ0v) is 12.3. The molecule has 1 N–H and O–H groups in total. The lowest BCUT2D eigenvalue weighted by atomic mass is 9.99. The summed E-state index contributed by atoms with van der Waals surface area (Å²) in [6.07, 6.45) is 2.87. The zero-order chi connectivity index (χ0) is 14.5. The van der Waals surface area contributed by atoms with Gasteiger partial charge in [0, 0.05) is 19.5 Å². The molecular weight excluding hydrogens is 244 g/mol. The van der Waals surface area contributed by atoms with Gasteiger partial charge in [-0.1, -0.05) is 0 Å². The number of amides is 1. The van der Waals surface area contributed by atoms with Crippen LogP contribution in [0.5, 0.6) is 0 Å². The molecule has 1 unspecified atom stereocenters. The lowest BCUT2D eigenvalue weighted by Gasteiger charge is -2.31. The number of carbonyl (C=O) groups is 2. The van der Waals surface area contributed by atoms with Crippen molar-refractivity contribution in [1.82, 2.24) is 9.80 Å². The summed E-state index contributed by atoms with van der Waals surface area (Å²) in [7, 11) is 0. The van der Waals surface area contributed by atoms with Crippen molar-refractivity contribution in [2.24, 2.45) is 0 Å². The van der Waals surface area contributed by atoms with Crippen LogP contribution in [0, 0.1) is 0 Å². The van der Waals surface area contributed by atoms with E-state index < -0.39 is 11.5 Å². The van der Waals surface area contributed by atoms with E-state index in [-0.39, 0.29) is 5.91 Å². The number of carboxylic acid groups (broad SMARTS) is 1. The van der Waals surface area contributed by atoms with E-state index >= 15 is 0 Å². The Balaban J connectivity index is 2.41. The smallest absolute Gasteiger partial charge is 0.323 e. The lowest BCUT2D eigenvalue weighted by Crippen LogP contribution is -2.48. The molecule has 0 aromatic heterocycles. The fraction of sp³-hybridized carbons (Fsp3) is 0.857. The second-order valence-electron chi connectivity index (χ2n) is 5.34. The topological polar surface area (TPSA) is 60.9 Å². The molecule has 110 valence electrons. The van der Waals surface area contributed by atoms with Crippen LogP contribution in [0.2, 0.25) is 0 Å². The molecule has 0 aromatic carbocycles. The van der Waals surface area contributed by atoms with Crippen molar-refractivity contribution < 1.29 is 14.7 Å². The molecule has 0 aliphatic carbocycles. The first-order valence-electron chi connectivity index (χ1n) is 7.22. The van der Waals surface area contributed by atoms with Crippen LogP contribution >= 0.6 is 0 Å². The van der Waals surface area contributed by atoms with E-state index in [1.807, 2.05) is 23.6 Å². The van der Waals surface area contributed by atoms with Crippen molar-refractivity contribution in [3.05, 3.63) is 0 Å². The molecule has 0 radical (unpaired) electrons. The highest BCUT2D eigenvalue weighted by molar-refractivity contribution is 5.78. The third-order valence-corrected chi connectivity index (χ3v) is 4.19. The maximum absolute atomic E-state index is 11.9. The van der Waals surface area contributed by atoms with Gasteiger partial charge in [0.2, 0.25) is 5.91 Å². The number of carboxylic acids is 1. The van der Waals surface area contributed by atoms with E-state index in [1.165, 1.54) is 0 Å². The summed E-state index contributed by atoms with van der Waals surface area (Å²) in [5.74, 6) is -0.582. The highest BCUT2D eigenvalue weighted by atomic mass is 16.4. The highest BCUT2D eigenvalue weighted by Crippen LogP contribution is 2.29. The standard InChI is InChI=1S/C14H26N2O3/c1-4-15(5-2)12(17)8-6-10-16-11-7-9-14(16,3)13(18)19/h4-11H2,1-3H3,(H,18,19). The summed E-state index contributed by atoms with van der Waals surface area (Å²) in [5.41, 5.74) is -0.738. The minimum atomic E-state index is -0.750. The minimum Gasteiger partial charge on any atom is -0.480 e. The Morgan fingerprint density at radius 1 is 1.32 bits per heavy atom. The Morgan fingerprint density at radius 2 is 1.95 bits per heavy atom. The predicted molar refractivity (Wildman–Crippen MR) is 74.0 cm³/mol. The predicted octanol–water partition coefficient (Wildman–Crippen LogP) is 1.57. The molecule has 1 aliphatic rings. The summed E-state index contributed by atoms with van der Waals surface area (Å²) in [4.78, 5) is 27.0. The summed E-state index contributed by atoms with van der Waals surface area (Å²) in [6.45, 7) is 8.73. The number of hydrogen-bond acceptors (Lipinski definition) is 3. The molecule has 1 rings (SSSR count). The molecule has 1 amide bonds. The molecule has 1 aliphatic heterocycles. The van der Waals surface area contributed by atoms with Gasteiger partial charge in [-0.05, 0) is 53.1 Å². The van der Waals surface area contributed by atoms with Crippen molar-refractivity contribution in [2.75, 3.05) is 26.2 Å². The summed E-state index contributed by atoms with van der Waals surface area (Å²) in [6, 6.07) is 0. The molecule has 19 heavy (non-hydrogen) atoms.